The maximum atomic E-state index is 14.1. The Morgan fingerprint density at radius 1 is 1.03 bits per heavy atom. The highest BCUT2D eigenvalue weighted by Crippen LogP contribution is 2.29. The molecular formula is C25H26FN3O4S. The molecule has 1 atom stereocenters. The lowest BCUT2D eigenvalue weighted by Gasteiger charge is -2.19. The standard InChI is InChI=1S/C25H26FN3O4S/c26-21-8-4-5-9-23(21)34(31,32)29-22(14-18-6-2-1-3-7-18)25(30)28-16-20-12-13-24(27-15-20)33-17-19-10-11-19/h1-9,12-13,15,19,22,29H,10-11,14,16-17H2,(H,28,30)/t22-/m0/s1. The molecule has 34 heavy (non-hydrogen) atoms. The number of nitrogens with one attached hydrogen (secondary N) is 2. The van der Waals surface area contributed by atoms with Gasteiger partial charge < -0.3 is 10.1 Å². The molecule has 2 aromatic carbocycles. The maximum Gasteiger partial charge on any atom is 0.244 e. The van der Waals surface area contributed by atoms with Gasteiger partial charge in [-0.2, -0.15) is 4.72 Å². The molecule has 0 aliphatic heterocycles. The van der Waals surface area contributed by atoms with Gasteiger partial charge in [-0.15, -0.1) is 0 Å². The predicted molar refractivity (Wildman–Crippen MR) is 125 cm³/mol. The fourth-order valence-corrected chi connectivity index (χ4v) is 4.63. The van der Waals surface area contributed by atoms with Crippen molar-refractivity contribution in [3.05, 3.63) is 89.9 Å². The molecule has 4 rings (SSSR count). The molecule has 1 aromatic heterocycles. The zero-order valence-electron chi connectivity index (χ0n) is 18.5. The summed E-state index contributed by atoms with van der Waals surface area (Å²) in [5.41, 5.74) is 1.50. The van der Waals surface area contributed by atoms with Gasteiger partial charge in [0.2, 0.25) is 21.8 Å². The van der Waals surface area contributed by atoms with Gasteiger partial charge in [-0.25, -0.2) is 17.8 Å². The summed E-state index contributed by atoms with van der Waals surface area (Å²) in [5.74, 6) is -0.265. The zero-order chi connectivity index (χ0) is 24.0. The summed E-state index contributed by atoms with van der Waals surface area (Å²) in [6.45, 7) is 0.813. The summed E-state index contributed by atoms with van der Waals surface area (Å²) in [7, 11) is -4.27. The molecule has 1 amide bonds. The van der Waals surface area contributed by atoms with E-state index in [-0.39, 0.29) is 13.0 Å². The van der Waals surface area contributed by atoms with E-state index in [9.17, 15) is 17.6 Å². The van der Waals surface area contributed by atoms with Crippen LogP contribution >= 0.6 is 0 Å². The Labute approximate surface area is 198 Å². The number of pyridine rings is 1. The molecular weight excluding hydrogens is 457 g/mol. The molecule has 0 radical (unpaired) electrons. The summed E-state index contributed by atoms with van der Waals surface area (Å²) in [5, 5.41) is 2.75. The van der Waals surface area contributed by atoms with Crippen molar-refractivity contribution in [1.82, 2.24) is 15.0 Å². The second kappa shape index (κ2) is 10.8. The monoisotopic (exact) mass is 483 g/mol. The summed E-state index contributed by atoms with van der Waals surface area (Å²) in [6, 6.07) is 16.5. The van der Waals surface area contributed by atoms with E-state index in [2.05, 4.69) is 15.0 Å². The van der Waals surface area contributed by atoms with E-state index in [1.54, 1.807) is 42.6 Å². The molecule has 7 nitrogen and oxygen atoms in total. The van der Waals surface area contributed by atoms with Gasteiger partial charge in [0, 0.05) is 18.8 Å². The van der Waals surface area contributed by atoms with Crippen LogP contribution in [0.4, 0.5) is 4.39 Å². The largest absolute Gasteiger partial charge is 0.477 e. The van der Waals surface area contributed by atoms with Crippen LogP contribution < -0.4 is 14.8 Å². The zero-order valence-corrected chi connectivity index (χ0v) is 19.3. The van der Waals surface area contributed by atoms with Crippen molar-refractivity contribution in [1.29, 1.82) is 0 Å². The fourth-order valence-electron chi connectivity index (χ4n) is 3.35. The van der Waals surface area contributed by atoms with Gasteiger partial charge in [-0.1, -0.05) is 48.5 Å². The van der Waals surface area contributed by atoms with E-state index < -0.39 is 32.7 Å². The molecule has 1 saturated carbocycles. The first kappa shape index (κ1) is 23.8. The van der Waals surface area contributed by atoms with E-state index in [0.29, 0.717) is 18.4 Å². The first-order valence-electron chi connectivity index (χ1n) is 11.1. The number of rotatable bonds is 11. The van der Waals surface area contributed by atoms with E-state index in [1.165, 1.54) is 25.0 Å². The van der Waals surface area contributed by atoms with Gasteiger partial charge in [0.1, 0.15) is 16.8 Å². The van der Waals surface area contributed by atoms with Crippen LogP contribution in [0.25, 0.3) is 0 Å². The summed E-state index contributed by atoms with van der Waals surface area (Å²) in [6.07, 6.45) is 4.09. The van der Waals surface area contributed by atoms with Crippen LogP contribution in [0.2, 0.25) is 0 Å². The SMILES string of the molecule is O=C(NCc1ccc(OCC2CC2)nc1)[C@H](Cc1ccccc1)NS(=O)(=O)c1ccccc1F. The number of hydrogen-bond donors (Lipinski definition) is 2. The third-order valence-corrected chi connectivity index (χ3v) is 6.96. The molecule has 9 heteroatoms. The van der Waals surface area contributed by atoms with Crippen LogP contribution in [0.3, 0.4) is 0 Å². The van der Waals surface area contributed by atoms with Crippen molar-refractivity contribution in [3.8, 4) is 5.88 Å². The number of nitrogens with zero attached hydrogens (tertiary/aromatic N) is 1. The first-order valence-corrected chi connectivity index (χ1v) is 12.6. The van der Waals surface area contributed by atoms with Crippen LogP contribution in [0.5, 0.6) is 5.88 Å². The van der Waals surface area contributed by atoms with E-state index in [4.69, 9.17) is 4.74 Å². The summed E-state index contributed by atoms with van der Waals surface area (Å²) in [4.78, 5) is 16.7. The number of amides is 1. The first-order chi connectivity index (χ1) is 16.4. The van der Waals surface area contributed by atoms with Crippen LogP contribution in [-0.2, 0) is 27.8 Å². The fraction of sp³-hybridized carbons (Fsp3) is 0.280. The van der Waals surface area contributed by atoms with Gasteiger partial charge in [0.15, 0.2) is 0 Å². The number of carbonyl (C=O) groups is 1. The molecule has 3 aromatic rings. The lowest BCUT2D eigenvalue weighted by Crippen LogP contribution is -2.47. The van der Waals surface area contributed by atoms with Crippen molar-refractivity contribution in [2.75, 3.05) is 6.61 Å². The van der Waals surface area contributed by atoms with Crippen LogP contribution in [0.15, 0.2) is 77.8 Å². The molecule has 1 aliphatic rings. The predicted octanol–water partition coefficient (Wildman–Crippen LogP) is 3.22. The molecule has 0 unspecified atom stereocenters. The van der Waals surface area contributed by atoms with Gasteiger partial charge in [-0.3, -0.25) is 4.79 Å². The minimum atomic E-state index is -4.27. The van der Waals surface area contributed by atoms with Gasteiger partial charge in [0.05, 0.1) is 6.61 Å². The molecule has 178 valence electrons. The minimum Gasteiger partial charge on any atom is -0.477 e. The third-order valence-electron chi connectivity index (χ3n) is 5.45. The Bertz CT molecular complexity index is 1220. The number of benzene rings is 2. The maximum absolute atomic E-state index is 14.1. The van der Waals surface area contributed by atoms with Crippen molar-refractivity contribution in [2.45, 2.75) is 36.7 Å². The summed E-state index contributed by atoms with van der Waals surface area (Å²) < 4.78 is 47.8. The van der Waals surface area contributed by atoms with Crippen LogP contribution in [-0.4, -0.2) is 32.0 Å². The number of carbonyl (C=O) groups excluding carboxylic acids is 1. The number of halogens is 1. The highest BCUT2D eigenvalue weighted by molar-refractivity contribution is 7.89. The lowest BCUT2D eigenvalue weighted by atomic mass is 10.1. The van der Waals surface area contributed by atoms with Gasteiger partial charge in [-0.05, 0) is 48.4 Å². The molecule has 2 N–H and O–H groups in total. The third kappa shape index (κ3) is 6.61. The molecule has 0 bridgehead atoms. The molecule has 1 aliphatic carbocycles. The Morgan fingerprint density at radius 3 is 2.44 bits per heavy atom. The van der Waals surface area contributed by atoms with Crippen molar-refractivity contribution in [2.24, 2.45) is 5.92 Å². The highest BCUT2D eigenvalue weighted by atomic mass is 32.2. The second-order valence-electron chi connectivity index (χ2n) is 8.27. The van der Waals surface area contributed by atoms with E-state index in [1.807, 2.05) is 6.07 Å². The van der Waals surface area contributed by atoms with Gasteiger partial charge >= 0.3 is 0 Å². The lowest BCUT2D eigenvalue weighted by molar-refractivity contribution is -0.122. The Morgan fingerprint density at radius 2 is 1.76 bits per heavy atom. The number of sulfonamides is 1. The van der Waals surface area contributed by atoms with Crippen molar-refractivity contribution < 1.29 is 22.3 Å². The van der Waals surface area contributed by atoms with E-state index in [0.717, 1.165) is 23.3 Å². The molecule has 0 spiro atoms. The van der Waals surface area contributed by atoms with Crippen LogP contribution in [0, 0.1) is 11.7 Å². The number of ether oxygens (including phenoxy) is 1. The second-order valence-corrected chi connectivity index (χ2v) is 9.95. The number of aromatic nitrogens is 1. The normalized spacial score (nSPS) is 14.4. The Hall–Kier alpha value is -3.30. The highest BCUT2D eigenvalue weighted by Gasteiger charge is 2.28. The van der Waals surface area contributed by atoms with Crippen molar-refractivity contribution >= 4 is 15.9 Å². The topological polar surface area (TPSA) is 97.4 Å². The van der Waals surface area contributed by atoms with Crippen LogP contribution in [0.1, 0.15) is 24.0 Å². The average molecular weight is 484 g/mol. The number of hydrogen-bond acceptors (Lipinski definition) is 5. The smallest absolute Gasteiger partial charge is 0.244 e. The molecule has 1 fully saturated rings. The molecule has 0 saturated heterocycles. The van der Waals surface area contributed by atoms with E-state index >= 15 is 0 Å². The molecule has 1 heterocycles. The quantitative estimate of drug-likeness (QED) is 0.437. The Kier molecular flexibility index (Phi) is 7.54. The van der Waals surface area contributed by atoms with Gasteiger partial charge in [0.25, 0.3) is 0 Å². The minimum absolute atomic E-state index is 0.104. The average Bonchev–Trinajstić information content (AvgIpc) is 3.67. The van der Waals surface area contributed by atoms with Crippen molar-refractivity contribution in [3.63, 3.8) is 0 Å². The summed E-state index contributed by atoms with van der Waals surface area (Å²) >= 11 is 0. The Balaban J connectivity index is 1.43.